The maximum Gasteiger partial charge on any atom is 0.0724 e. The highest BCUT2D eigenvalue weighted by molar-refractivity contribution is 4.87. The Morgan fingerprint density at radius 3 is 2.75 bits per heavy atom. The summed E-state index contributed by atoms with van der Waals surface area (Å²) in [4.78, 5) is 2.28. The van der Waals surface area contributed by atoms with E-state index in [0.717, 1.165) is 25.9 Å². The third-order valence-electron chi connectivity index (χ3n) is 3.85. The van der Waals surface area contributed by atoms with E-state index in [1.165, 1.54) is 0 Å². The molecule has 0 aromatic carbocycles. The Morgan fingerprint density at radius 1 is 1.56 bits per heavy atom. The van der Waals surface area contributed by atoms with Crippen molar-refractivity contribution in [2.75, 3.05) is 26.8 Å². The summed E-state index contributed by atoms with van der Waals surface area (Å²) in [5, 5.41) is 9.44. The lowest BCUT2D eigenvalue weighted by Crippen LogP contribution is -2.55. The van der Waals surface area contributed by atoms with Crippen molar-refractivity contribution in [3.05, 3.63) is 0 Å². The third kappa shape index (κ3) is 3.17. The van der Waals surface area contributed by atoms with Crippen LogP contribution in [0.5, 0.6) is 0 Å². The first-order valence-electron chi connectivity index (χ1n) is 6.27. The van der Waals surface area contributed by atoms with E-state index in [4.69, 9.17) is 10.5 Å². The molecule has 1 heterocycles. The number of methoxy groups -OCH3 is 1. The number of hydrogen-bond donors (Lipinski definition) is 2. The van der Waals surface area contributed by atoms with Crippen LogP contribution in [0.1, 0.15) is 26.7 Å². The van der Waals surface area contributed by atoms with E-state index in [1.807, 2.05) is 0 Å². The van der Waals surface area contributed by atoms with Crippen LogP contribution in [0.3, 0.4) is 0 Å². The SMILES string of the molecule is CCC(N)C(CO)N1CCC(C)C(OC)C1. The monoisotopic (exact) mass is 230 g/mol. The van der Waals surface area contributed by atoms with E-state index in [2.05, 4.69) is 18.7 Å². The zero-order valence-corrected chi connectivity index (χ0v) is 10.7. The van der Waals surface area contributed by atoms with Crippen LogP contribution in [0, 0.1) is 5.92 Å². The summed E-state index contributed by atoms with van der Waals surface area (Å²) in [6.45, 7) is 6.32. The van der Waals surface area contributed by atoms with Gasteiger partial charge in [-0.3, -0.25) is 4.90 Å². The second-order valence-electron chi connectivity index (χ2n) is 4.86. The van der Waals surface area contributed by atoms with Gasteiger partial charge in [0.05, 0.1) is 12.7 Å². The molecule has 4 atom stereocenters. The second-order valence-corrected chi connectivity index (χ2v) is 4.86. The van der Waals surface area contributed by atoms with Crippen LogP contribution in [0.4, 0.5) is 0 Å². The van der Waals surface area contributed by atoms with Crippen molar-refractivity contribution < 1.29 is 9.84 Å². The molecule has 0 bridgehead atoms. The van der Waals surface area contributed by atoms with Crippen molar-refractivity contribution in [2.24, 2.45) is 11.7 Å². The lowest BCUT2D eigenvalue weighted by Gasteiger charge is -2.41. The number of likely N-dealkylation sites (tertiary alicyclic amines) is 1. The minimum Gasteiger partial charge on any atom is -0.395 e. The van der Waals surface area contributed by atoms with Crippen molar-refractivity contribution in [1.82, 2.24) is 4.90 Å². The van der Waals surface area contributed by atoms with Crippen LogP contribution in [-0.4, -0.2) is 55.0 Å². The molecule has 1 rings (SSSR count). The molecule has 4 unspecified atom stereocenters. The summed E-state index contributed by atoms with van der Waals surface area (Å²) in [5.41, 5.74) is 6.04. The van der Waals surface area contributed by atoms with Gasteiger partial charge in [0.1, 0.15) is 0 Å². The number of ether oxygens (including phenoxy) is 1. The number of piperidine rings is 1. The van der Waals surface area contributed by atoms with Gasteiger partial charge in [0.15, 0.2) is 0 Å². The minimum absolute atomic E-state index is 0.0518. The maximum atomic E-state index is 9.44. The van der Waals surface area contributed by atoms with E-state index >= 15 is 0 Å². The number of hydrogen-bond acceptors (Lipinski definition) is 4. The lowest BCUT2D eigenvalue weighted by molar-refractivity contribution is -0.0316. The van der Waals surface area contributed by atoms with E-state index < -0.39 is 0 Å². The van der Waals surface area contributed by atoms with Crippen molar-refractivity contribution in [3.8, 4) is 0 Å². The highest BCUT2D eigenvalue weighted by atomic mass is 16.5. The Labute approximate surface area is 98.8 Å². The van der Waals surface area contributed by atoms with Gasteiger partial charge in [-0.05, 0) is 25.3 Å². The van der Waals surface area contributed by atoms with Crippen molar-refractivity contribution in [1.29, 1.82) is 0 Å². The van der Waals surface area contributed by atoms with E-state index in [-0.39, 0.29) is 24.8 Å². The average Bonchev–Trinajstić information content (AvgIpc) is 2.31. The van der Waals surface area contributed by atoms with E-state index in [0.29, 0.717) is 5.92 Å². The smallest absolute Gasteiger partial charge is 0.0724 e. The molecule has 0 aromatic heterocycles. The Morgan fingerprint density at radius 2 is 2.25 bits per heavy atom. The summed E-state index contributed by atoms with van der Waals surface area (Å²) in [6, 6.07) is 0.131. The van der Waals surface area contributed by atoms with Crippen molar-refractivity contribution >= 4 is 0 Å². The number of aliphatic hydroxyl groups excluding tert-OH is 1. The van der Waals surface area contributed by atoms with Crippen LogP contribution >= 0.6 is 0 Å². The molecular weight excluding hydrogens is 204 g/mol. The molecular formula is C12H26N2O2. The van der Waals surface area contributed by atoms with Gasteiger partial charge < -0.3 is 15.6 Å². The van der Waals surface area contributed by atoms with E-state index in [1.54, 1.807) is 7.11 Å². The number of nitrogens with zero attached hydrogens (tertiary/aromatic N) is 1. The topological polar surface area (TPSA) is 58.7 Å². The fourth-order valence-corrected chi connectivity index (χ4v) is 2.46. The van der Waals surface area contributed by atoms with Crippen molar-refractivity contribution in [2.45, 2.75) is 44.9 Å². The minimum atomic E-state index is 0.0518. The molecule has 0 saturated carbocycles. The number of aliphatic hydroxyl groups is 1. The molecule has 0 radical (unpaired) electrons. The van der Waals surface area contributed by atoms with Crippen LogP contribution in [0.15, 0.2) is 0 Å². The quantitative estimate of drug-likeness (QED) is 0.719. The zero-order valence-electron chi connectivity index (χ0n) is 10.7. The number of nitrogens with two attached hydrogens (primary N) is 1. The van der Waals surface area contributed by atoms with Gasteiger partial charge in [-0.1, -0.05) is 13.8 Å². The van der Waals surface area contributed by atoms with Gasteiger partial charge in [0, 0.05) is 25.7 Å². The molecule has 0 amide bonds. The molecule has 16 heavy (non-hydrogen) atoms. The molecule has 4 heteroatoms. The molecule has 0 aliphatic carbocycles. The normalized spacial score (nSPS) is 31.3. The first-order chi connectivity index (χ1) is 7.63. The van der Waals surface area contributed by atoms with Crippen molar-refractivity contribution in [3.63, 3.8) is 0 Å². The molecule has 0 aromatic rings. The predicted octanol–water partition coefficient (Wildman–Crippen LogP) is 0.441. The zero-order chi connectivity index (χ0) is 12.1. The van der Waals surface area contributed by atoms with Crippen LogP contribution in [-0.2, 0) is 4.74 Å². The second kappa shape index (κ2) is 6.55. The Balaban J connectivity index is 2.58. The van der Waals surface area contributed by atoms with Gasteiger partial charge in [0.25, 0.3) is 0 Å². The predicted molar refractivity (Wildman–Crippen MR) is 65.3 cm³/mol. The fourth-order valence-electron chi connectivity index (χ4n) is 2.46. The van der Waals surface area contributed by atoms with Gasteiger partial charge >= 0.3 is 0 Å². The van der Waals surface area contributed by atoms with Crippen LogP contribution in [0.25, 0.3) is 0 Å². The molecule has 1 fully saturated rings. The van der Waals surface area contributed by atoms with Gasteiger partial charge in [-0.2, -0.15) is 0 Å². The van der Waals surface area contributed by atoms with E-state index in [9.17, 15) is 5.11 Å². The summed E-state index contributed by atoms with van der Waals surface area (Å²) < 4.78 is 5.48. The molecule has 4 nitrogen and oxygen atoms in total. The van der Waals surface area contributed by atoms with Crippen LogP contribution in [0.2, 0.25) is 0 Å². The molecule has 3 N–H and O–H groups in total. The van der Waals surface area contributed by atoms with Gasteiger partial charge in [0.2, 0.25) is 0 Å². The highest BCUT2D eigenvalue weighted by Gasteiger charge is 2.31. The maximum absolute atomic E-state index is 9.44. The summed E-state index contributed by atoms with van der Waals surface area (Å²) in [7, 11) is 1.76. The third-order valence-corrected chi connectivity index (χ3v) is 3.85. The first kappa shape index (κ1) is 13.9. The molecule has 1 aliphatic rings. The summed E-state index contributed by atoms with van der Waals surface area (Å²) >= 11 is 0. The highest BCUT2D eigenvalue weighted by Crippen LogP contribution is 2.22. The summed E-state index contributed by atoms with van der Waals surface area (Å²) in [5.74, 6) is 0.596. The van der Waals surface area contributed by atoms with Gasteiger partial charge in [-0.25, -0.2) is 0 Å². The largest absolute Gasteiger partial charge is 0.395 e. The molecule has 1 saturated heterocycles. The molecule has 1 aliphatic heterocycles. The average molecular weight is 230 g/mol. The van der Waals surface area contributed by atoms with Gasteiger partial charge in [-0.15, -0.1) is 0 Å². The lowest BCUT2D eigenvalue weighted by atomic mass is 9.93. The molecule has 0 spiro atoms. The fraction of sp³-hybridized carbons (Fsp3) is 1.00. The number of rotatable bonds is 5. The first-order valence-corrected chi connectivity index (χ1v) is 6.27. The van der Waals surface area contributed by atoms with Crippen LogP contribution < -0.4 is 5.73 Å². The Hall–Kier alpha value is -0.160. The standard InChI is InChI=1S/C12H26N2O2/c1-4-10(13)11(8-15)14-6-5-9(2)12(7-14)16-3/h9-12,15H,4-8,13H2,1-3H3. The summed E-state index contributed by atoms with van der Waals surface area (Å²) in [6.07, 6.45) is 2.28. The molecule has 96 valence electrons. The Kier molecular flexibility index (Phi) is 5.69. The Bertz CT molecular complexity index is 201.